The maximum atomic E-state index is 12.4. The van der Waals surface area contributed by atoms with Gasteiger partial charge in [0.05, 0.1) is 18.9 Å². The lowest BCUT2D eigenvalue weighted by Crippen LogP contribution is -2.51. The number of para-hydroxylation sites is 2. The van der Waals surface area contributed by atoms with Crippen molar-refractivity contribution >= 4 is 23.4 Å². The van der Waals surface area contributed by atoms with E-state index in [-0.39, 0.29) is 18.6 Å². The molecule has 0 bridgehead atoms. The number of ether oxygens (including phenoxy) is 2. The van der Waals surface area contributed by atoms with Crippen LogP contribution in [0.2, 0.25) is 0 Å². The molecule has 32 heavy (non-hydrogen) atoms. The van der Waals surface area contributed by atoms with Crippen LogP contribution in [0.1, 0.15) is 6.92 Å². The minimum Gasteiger partial charge on any atom is -0.482 e. The number of anilines is 1. The van der Waals surface area contributed by atoms with Crippen LogP contribution in [-0.2, 0) is 19.1 Å². The summed E-state index contributed by atoms with van der Waals surface area (Å²) in [7, 11) is 2.09. The number of hydrogen-bond donors (Lipinski definition) is 2. The lowest BCUT2D eigenvalue weighted by molar-refractivity contribution is -0.137. The Morgan fingerprint density at radius 2 is 1.72 bits per heavy atom. The number of morpholine rings is 1. The lowest BCUT2D eigenvalue weighted by Gasteiger charge is -2.33. The second-order valence-corrected chi connectivity index (χ2v) is 8.21. The number of piperazine rings is 1. The third kappa shape index (κ3) is 7.18. The van der Waals surface area contributed by atoms with Crippen LogP contribution < -0.4 is 15.4 Å². The third-order valence-electron chi connectivity index (χ3n) is 5.56. The van der Waals surface area contributed by atoms with Gasteiger partial charge >= 0.3 is 11.8 Å². The van der Waals surface area contributed by atoms with Gasteiger partial charge in [-0.2, -0.15) is 0 Å². The molecule has 0 spiro atoms. The normalized spacial score (nSPS) is 18.6. The molecular weight excluding hydrogens is 414 g/mol. The molecule has 3 amide bonds. The molecule has 0 aliphatic carbocycles. The fraction of sp³-hybridized carbons (Fsp3) is 0.591. The largest absolute Gasteiger partial charge is 0.482 e. The second kappa shape index (κ2) is 11.8. The van der Waals surface area contributed by atoms with Gasteiger partial charge in [0.25, 0.3) is 5.91 Å². The molecule has 10 nitrogen and oxygen atoms in total. The number of carbonyl (C=O) groups excluding carboxylic acids is 3. The summed E-state index contributed by atoms with van der Waals surface area (Å²) in [6.45, 7) is 8.39. The molecule has 10 heteroatoms. The summed E-state index contributed by atoms with van der Waals surface area (Å²) in [5, 5.41) is 5.34. The minimum absolute atomic E-state index is 0.148. The maximum Gasteiger partial charge on any atom is 0.313 e. The predicted molar refractivity (Wildman–Crippen MR) is 120 cm³/mol. The maximum absolute atomic E-state index is 12.4. The summed E-state index contributed by atoms with van der Waals surface area (Å²) >= 11 is 0. The molecule has 2 saturated heterocycles. The van der Waals surface area contributed by atoms with Crippen LogP contribution in [0.5, 0.6) is 5.75 Å². The first-order valence-electron chi connectivity index (χ1n) is 11.0. The third-order valence-corrected chi connectivity index (χ3v) is 5.56. The molecule has 1 atom stereocenters. The van der Waals surface area contributed by atoms with E-state index in [1.807, 2.05) is 6.92 Å². The Balaban J connectivity index is 1.47. The van der Waals surface area contributed by atoms with Gasteiger partial charge in [0.15, 0.2) is 6.61 Å². The number of rotatable bonds is 7. The molecule has 0 saturated carbocycles. The molecule has 1 aromatic carbocycles. The number of carbonyl (C=O) groups is 3. The average molecular weight is 448 g/mol. The Bertz CT molecular complexity index is 791. The molecule has 2 N–H and O–H groups in total. The summed E-state index contributed by atoms with van der Waals surface area (Å²) in [4.78, 5) is 43.3. The quantitative estimate of drug-likeness (QED) is 0.549. The summed E-state index contributed by atoms with van der Waals surface area (Å²) in [6, 6.07) is 6.58. The van der Waals surface area contributed by atoms with Gasteiger partial charge < -0.3 is 29.9 Å². The van der Waals surface area contributed by atoms with Crippen LogP contribution in [0, 0.1) is 0 Å². The van der Waals surface area contributed by atoms with Gasteiger partial charge in [0.2, 0.25) is 0 Å². The smallest absolute Gasteiger partial charge is 0.313 e. The van der Waals surface area contributed by atoms with Crippen LogP contribution in [-0.4, -0.2) is 111 Å². The number of benzene rings is 1. The summed E-state index contributed by atoms with van der Waals surface area (Å²) in [5.41, 5.74) is 0.342. The second-order valence-electron chi connectivity index (χ2n) is 8.21. The molecule has 2 fully saturated rings. The van der Waals surface area contributed by atoms with Crippen molar-refractivity contribution in [3.63, 3.8) is 0 Å². The number of amides is 3. The van der Waals surface area contributed by atoms with Gasteiger partial charge in [0.1, 0.15) is 5.75 Å². The Morgan fingerprint density at radius 3 is 2.44 bits per heavy atom. The monoisotopic (exact) mass is 447 g/mol. The highest BCUT2D eigenvalue weighted by molar-refractivity contribution is 6.39. The van der Waals surface area contributed by atoms with E-state index < -0.39 is 11.8 Å². The van der Waals surface area contributed by atoms with Crippen LogP contribution in [0.15, 0.2) is 24.3 Å². The fourth-order valence-corrected chi connectivity index (χ4v) is 3.67. The van der Waals surface area contributed by atoms with Gasteiger partial charge in [0, 0.05) is 51.9 Å². The number of likely N-dealkylation sites (N-methyl/N-ethyl adjacent to an activating group) is 1. The minimum atomic E-state index is -0.772. The van der Waals surface area contributed by atoms with Crippen molar-refractivity contribution in [2.24, 2.45) is 0 Å². The first-order chi connectivity index (χ1) is 15.4. The van der Waals surface area contributed by atoms with Gasteiger partial charge in [-0.25, -0.2) is 0 Å². The van der Waals surface area contributed by atoms with Crippen molar-refractivity contribution in [3.05, 3.63) is 24.3 Å². The van der Waals surface area contributed by atoms with Gasteiger partial charge in [-0.05, 0) is 26.1 Å². The van der Waals surface area contributed by atoms with Crippen molar-refractivity contribution in [1.29, 1.82) is 0 Å². The van der Waals surface area contributed by atoms with E-state index >= 15 is 0 Å². The average Bonchev–Trinajstić information content (AvgIpc) is 2.80. The van der Waals surface area contributed by atoms with Gasteiger partial charge in [-0.3, -0.25) is 19.3 Å². The molecule has 2 aliphatic heterocycles. The van der Waals surface area contributed by atoms with Crippen molar-refractivity contribution in [2.75, 3.05) is 78.0 Å². The highest BCUT2D eigenvalue weighted by atomic mass is 16.5. The Labute approximate surface area is 188 Å². The molecule has 2 aliphatic rings. The van der Waals surface area contributed by atoms with E-state index in [1.165, 1.54) is 0 Å². The Hall–Kier alpha value is -2.69. The highest BCUT2D eigenvalue weighted by Crippen LogP contribution is 2.23. The molecule has 176 valence electrons. The zero-order valence-corrected chi connectivity index (χ0v) is 18.8. The zero-order chi connectivity index (χ0) is 22.9. The number of nitrogens with one attached hydrogen (secondary N) is 2. The van der Waals surface area contributed by atoms with Crippen molar-refractivity contribution in [3.8, 4) is 5.75 Å². The van der Waals surface area contributed by atoms with Crippen LogP contribution in [0.4, 0.5) is 5.69 Å². The van der Waals surface area contributed by atoms with E-state index in [0.717, 1.165) is 26.2 Å². The summed E-state index contributed by atoms with van der Waals surface area (Å²) < 4.78 is 10.9. The summed E-state index contributed by atoms with van der Waals surface area (Å²) in [5.74, 6) is -1.29. The molecular formula is C22H33N5O5. The van der Waals surface area contributed by atoms with E-state index in [0.29, 0.717) is 44.3 Å². The first kappa shape index (κ1) is 24.0. The predicted octanol–water partition coefficient (Wildman–Crippen LogP) is -0.385. The molecule has 3 rings (SSSR count). The van der Waals surface area contributed by atoms with Crippen LogP contribution >= 0.6 is 0 Å². The van der Waals surface area contributed by atoms with Gasteiger partial charge in [-0.1, -0.05) is 12.1 Å². The first-order valence-corrected chi connectivity index (χ1v) is 11.0. The molecule has 0 radical (unpaired) electrons. The molecule has 1 unspecified atom stereocenters. The van der Waals surface area contributed by atoms with E-state index in [1.54, 1.807) is 29.2 Å². The fourth-order valence-electron chi connectivity index (χ4n) is 3.67. The van der Waals surface area contributed by atoms with Crippen LogP contribution in [0.3, 0.4) is 0 Å². The van der Waals surface area contributed by atoms with Crippen LogP contribution in [0.25, 0.3) is 0 Å². The SMILES string of the molecule is CC(CN1CCN(C)CC1)NC(=O)C(=O)Nc1ccccc1OCC(=O)N1CCOCC1. The van der Waals surface area contributed by atoms with E-state index in [2.05, 4.69) is 27.5 Å². The summed E-state index contributed by atoms with van der Waals surface area (Å²) in [6.07, 6.45) is 0. The van der Waals surface area contributed by atoms with E-state index in [4.69, 9.17) is 9.47 Å². The van der Waals surface area contributed by atoms with E-state index in [9.17, 15) is 14.4 Å². The zero-order valence-electron chi connectivity index (χ0n) is 18.8. The highest BCUT2D eigenvalue weighted by Gasteiger charge is 2.22. The van der Waals surface area contributed by atoms with Gasteiger partial charge in [-0.15, -0.1) is 0 Å². The molecule has 2 heterocycles. The Morgan fingerprint density at radius 1 is 1.03 bits per heavy atom. The molecule has 1 aromatic rings. The number of nitrogens with zero attached hydrogens (tertiary/aromatic N) is 3. The standard InChI is InChI=1S/C22H33N5O5/c1-17(15-26-9-7-25(2)8-10-26)23-21(29)22(30)24-18-5-3-4-6-19(18)32-16-20(28)27-11-13-31-14-12-27/h3-6,17H,7-16H2,1-2H3,(H,23,29)(H,24,30). The van der Waals surface area contributed by atoms with Crippen molar-refractivity contribution < 1.29 is 23.9 Å². The topological polar surface area (TPSA) is 103 Å². The molecule has 0 aromatic heterocycles. The van der Waals surface area contributed by atoms with Crippen molar-refractivity contribution in [2.45, 2.75) is 13.0 Å². The van der Waals surface area contributed by atoms with Crippen molar-refractivity contribution in [1.82, 2.24) is 20.0 Å². The lowest BCUT2D eigenvalue weighted by atomic mass is 10.2. The Kier molecular flexibility index (Phi) is 8.83. The number of hydrogen-bond acceptors (Lipinski definition) is 7.